The number of carbonyl (C=O) groups excluding carboxylic acids is 2. The molecule has 0 heterocycles. The van der Waals surface area contributed by atoms with Gasteiger partial charge in [-0.25, -0.2) is 0 Å². The third-order valence-electron chi connectivity index (χ3n) is 4.76. The summed E-state index contributed by atoms with van der Waals surface area (Å²) in [7, 11) is 0. The van der Waals surface area contributed by atoms with Crippen molar-refractivity contribution in [2.24, 2.45) is 5.41 Å². The highest BCUT2D eigenvalue weighted by molar-refractivity contribution is 5.83. The van der Waals surface area contributed by atoms with Crippen LogP contribution in [0.25, 0.3) is 0 Å². The molecule has 0 saturated carbocycles. The van der Waals surface area contributed by atoms with Crippen LogP contribution in [0.1, 0.15) is 124 Å². The standard InChI is InChI=1S/C22H42O2/c1-5-6-7-14-17-20(23)18-15-12-10-8-9-11-13-16-19-21(24)22(2,3)4/h5-19H2,1-4H3. The number of carbonyl (C=O) groups is 2. The summed E-state index contributed by atoms with van der Waals surface area (Å²) in [4.78, 5) is 23.5. The molecular formula is C22H42O2. The molecule has 0 spiro atoms. The average molecular weight is 339 g/mol. The van der Waals surface area contributed by atoms with Gasteiger partial charge in [0.1, 0.15) is 11.6 Å². The Kier molecular flexibility index (Phi) is 14.3. The van der Waals surface area contributed by atoms with E-state index in [0.717, 1.165) is 38.5 Å². The number of ketones is 2. The van der Waals surface area contributed by atoms with Crippen molar-refractivity contribution < 1.29 is 9.59 Å². The Morgan fingerprint density at radius 3 is 1.38 bits per heavy atom. The molecule has 2 nitrogen and oxygen atoms in total. The second kappa shape index (κ2) is 14.7. The SMILES string of the molecule is CCCCCCC(=O)CCCCCCCCCCC(=O)C(C)(C)C. The second-order valence-corrected chi connectivity index (χ2v) is 8.35. The van der Waals surface area contributed by atoms with Crippen LogP contribution in [0.15, 0.2) is 0 Å². The van der Waals surface area contributed by atoms with Gasteiger partial charge in [-0.3, -0.25) is 9.59 Å². The fourth-order valence-corrected chi connectivity index (χ4v) is 2.92. The third kappa shape index (κ3) is 14.9. The predicted molar refractivity (Wildman–Crippen MR) is 104 cm³/mol. The summed E-state index contributed by atoms with van der Waals surface area (Å²) in [6.45, 7) is 8.22. The summed E-state index contributed by atoms with van der Waals surface area (Å²) in [5.74, 6) is 0.858. The van der Waals surface area contributed by atoms with Crippen LogP contribution < -0.4 is 0 Å². The van der Waals surface area contributed by atoms with Gasteiger partial charge in [0.15, 0.2) is 0 Å². The summed E-state index contributed by atoms with van der Waals surface area (Å²) >= 11 is 0. The topological polar surface area (TPSA) is 34.1 Å². The molecule has 0 aliphatic rings. The number of rotatable bonds is 16. The minimum Gasteiger partial charge on any atom is -0.300 e. The van der Waals surface area contributed by atoms with Gasteiger partial charge in [-0.05, 0) is 19.3 Å². The molecule has 2 heteroatoms. The maximum absolute atomic E-state index is 11.8. The van der Waals surface area contributed by atoms with E-state index >= 15 is 0 Å². The third-order valence-corrected chi connectivity index (χ3v) is 4.76. The van der Waals surface area contributed by atoms with Gasteiger partial charge in [-0.1, -0.05) is 85.5 Å². The minimum absolute atomic E-state index is 0.173. The molecule has 0 radical (unpaired) electrons. The molecule has 0 aromatic carbocycles. The van der Waals surface area contributed by atoms with Crippen LogP contribution in [0.3, 0.4) is 0 Å². The Balaban J connectivity index is 3.28. The van der Waals surface area contributed by atoms with Crippen molar-refractivity contribution in [3.8, 4) is 0 Å². The van der Waals surface area contributed by atoms with Crippen molar-refractivity contribution in [3.63, 3.8) is 0 Å². The molecule has 0 bridgehead atoms. The molecule has 0 amide bonds. The smallest absolute Gasteiger partial charge is 0.138 e. The van der Waals surface area contributed by atoms with E-state index in [9.17, 15) is 9.59 Å². The van der Waals surface area contributed by atoms with Crippen LogP contribution in [0, 0.1) is 5.41 Å². The average Bonchev–Trinajstić information content (AvgIpc) is 2.52. The first-order chi connectivity index (χ1) is 11.4. The minimum atomic E-state index is -0.173. The molecule has 0 atom stereocenters. The molecule has 0 aliphatic heterocycles. The molecule has 0 aromatic heterocycles. The maximum Gasteiger partial charge on any atom is 0.138 e. The first-order valence-electron chi connectivity index (χ1n) is 10.4. The molecule has 0 rings (SSSR count). The molecule has 0 aromatic rings. The monoisotopic (exact) mass is 338 g/mol. The van der Waals surface area contributed by atoms with E-state index < -0.39 is 0 Å². The Morgan fingerprint density at radius 2 is 0.958 bits per heavy atom. The van der Waals surface area contributed by atoms with E-state index in [1.54, 1.807) is 0 Å². The highest BCUT2D eigenvalue weighted by atomic mass is 16.1. The van der Waals surface area contributed by atoms with E-state index in [4.69, 9.17) is 0 Å². The van der Waals surface area contributed by atoms with Crippen LogP contribution in [0.2, 0.25) is 0 Å². The van der Waals surface area contributed by atoms with Crippen molar-refractivity contribution in [3.05, 3.63) is 0 Å². The van der Waals surface area contributed by atoms with Crippen molar-refractivity contribution in [2.45, 2.75) is 124 Å². The number of hydrogen-bond acceptors (Lipinski definition) is 2. The van der Waals surface area contributed by atoms with Crippen LogP contribution >= 0.6 is 0 Å². The molecule has 0 aliphatic carbocycles. The van der Waals surface area contributed by atoms with Crippen LogP contribution in [0.4, 0.5) is 0 Å². The summed E-state index contributed by atoms with van der Waals surface area (Å²) in [6.07, 6.45) is 16.7. The van der Waals surface area contributed by atoms with Crippen molar-refractivity contribution in [1.29, 1.82) is 0 Å². The van der Waals surface area contributed by atoms with Crippen molar-refractivity contribution in [1.82, 2.24) is 0 Å². The molecule has 142 valence electrons. The zero-order valence-corrected chi connectivity index (χ0v) is 16.9. The highest BCUT2D eigenvalue weighted by Gasteiger charge is 2.19. The van der Waals surface area contributed by atoms with Gasteiger partial charge < -0.3 is 0 Å². The van der Waals surface area contributed by atoms with Gasteiger partial charge in [0, 0.05) is 24.7 Å². The van der Waals surface area contributed by atoms with Gasteiger partial charge in [-0.15, -0.1) is 0 Å². The van der Waals surface area contributed by atoms with Gasteiger partial charge in [0.25, 0.3) is 0 Å². The zero-order valence-electron chi connectivity index (χ0n) is 16.9. The largest absolute Gasteiger partial charge is 0.300 e. The van der Waals surface area contributed by atoms with E-state index in [-0.39, 0.29) is 5.41 Å². The zero-order chi connectivity index (χ0) is 18.3. The summed E-state index contributed by atoms with van der Waals surface area (Å²) < 4.78 is 0. The molecular weight excluding hydrogens is 296 g/mol. The first-order valence-corrected chi connectivity index (χ1v) is 10.4. The summed E-state index contributed by atoms with van der Waals surface area (Å²) in [6, 6.07) is 0. The highest BCUT2D eigenvalue weighted by Crippen LogP contribution is 2.19. The van der Waals surface area contributed by atoms with E-state index in [2.05, 4.69) is 6.92 Å². The summed E-state index contributed by atoms with van der Waals surface area (Å²) in [5, 5.41) is 0. The lowest BCUT2D eigenvalue weighted by molar-refractivity contribution is -0.126. The van der Waals surface area contributed by atoms with E-state index in [0.29, 0.717) is 11.6 Å². The fourth-order valence-electron chi connectivity index (χ4n) is 2.92. The Labute approximate surface area is 151 Å². The van der Waals surface area contributed by atoms with E-state index in [1.807, 2.05) is 20.8 Å². The van der Waals surface area contributed by atoms with Gasteiger partial charge in [0.05, 0.1) is 0 Å². The normalized spacial score (nSPS) is 11.7. The van der Waals surface area contributed by atoms with Crippen LogP contribution in [-0.4, -0.2) is 11.6 Å². The first kappa shape index (κ1) is 23.3. The summed E-state index contributed by atoms with van der Waals surface area (Å²) in [5.41, 5.74) is -0.173. The molecule has 24 heavy (non-hydrogen) atoms. The quantitative estimate of drug-likeness (QED) is 0.283. The molecule has 0 fully saturated rings. The van der Waals surface area contributed by atoms with Crippen molar-refractivity contribution in [2.75, 3.05) is 0 Å². The van der Waals surface area contributed by atoms with Crippen LogP contribution in [-0.2, 0) is 9.59 Å². The molecule has 0 N–H and O–H groups in total. The van der Waals surface area contributed by atoms with Gasteiger partial charge in [0.2, 0.25) is 0 Å². The van der Waals surface area contributed by atoms with E-state index in [1.165, 1.54) is 57.8 Å². The number of Topliss-reactive ketones (excluding diaryl/α,β-unsaturated/α-hetero) is 2. The van der Waals surface area contributed by atoms with Crippen molar-refractivity contribution >= 4 is 11.6 Å². The fraction of sp³-hybridized carbons (Fsp3) is 0.909. The Hall–Kier alpha value is -0.660. The van der Waals surface area contributed by atoms with Gasteiger partial charge in [-0.2, -0.15) is 0 Å². The lowest BCUT2D eigenvalue weighted by atomic mass is 9.88. The Morgan fingerprint density at radius 1 is 0.583 bits per heavy atom. The second-order valence-electron chi connectivity index (χ2n) is 8.35. The molecule has 0 saturated heterocycles. The maximum atomic E-state index is 11.8. The molecule has 0 unspecified atom stereocenters. The predicted octanol–water partition coefficient (Wildman–Crippen LogP) is 7.04. The Bertz CT molecular complexity index is 325. The lowest BCUT2D eigenvalue weighted by Crippen LogP contribution is -2.19. The number of hydrogen-bond donors (Lipinski definition) is 0. The van der Waals surface area contributed by atoms with Gasteiger partial charge >= 0.3 is 0 Å². The number of unbranched alkanes of at least 4 members (excludes halogenated alkanes) is 10. The van der Waals surface area contributed by atoms with Crippen LogP contribution in [0.5, 0.6) is 0 Å². The lowest BCUT2D eigenvalue weighted by Gasteiger charge is -2.16.